The highest BCUT2D eigenvalue weighted by atomic mass is 16.5. The van der Waals surface area contributed by atoms with Gasteiger partial charge in [-0.3, -0.25) is 0 Å². The second-order valence-electron chi connectivity index (χ2n) is 8.12. The molecule has 8 heteroatoms. The number of anilines is 3. The molecule has 0 fully saturated rings. The Morgan fingerprint density at radius 2 is 1.45 bits per heavy atom. The number of nitrogens with two attached hydrogens (primary N) is 1. The van der Waals surface area contributed by atoms with E-state index in [1.165, 1.54) is 0 Å². The van der Waals surface area contributed by atoms with Crippen LogP contribution in [0.2, 0.25) is 0 Å². The maximum Gasteiger partial charge on any atom is 0.152 e. The van der Waals surface area contributed by atoms with Crippen molar-refractivity contribution in [3.63, 3.8) is 0 Å². The highest BCUT2D eigenvalue weighted by molar-refractivity contribution is 5.72. The number of rotatable bonds is 14. The molecule has 1 aliphatic rings. The summed E-state index contributed by atoms with van der Waals surface area (Å²) in [6.45, 7) is 8.72. The van der Waals surface area contributed by atoms with E-state index in [-0.39, 0.29) is 0 Å². The summed E-state index contributed by atoms with van der Waals surface area (Å²) in [5.41, 5.74) is 7.81. The second-order valence-corrected chi connectivity index (χ2v) is 8.12. The van der Waals surface area contributed by atoms with Crippen molar-refractivity contribution < 1.29 is 9.47 Å². The molecule has 0 bridgehead atoms. The summed E-state index contributed by atoms with van der Waals surface area (Å²) in [6, 6.07) is 2.03. The fourth-order valence-corrected chi connectivity index (χ4v) is 3.37. The molecular formula is C21H40N6O2. The molecule has 1 aromatic heterocycles. The van der Waals surface area contributed by atoms with Crippen LogP contribution in [0.15, 0.2) is 12.3 Å². The lowest BCUT2D eigenvalue weighted by atomic mass is 10.2. The van der Waals surface area contributed by atoms with E-state index in [2.05, 4.69) is 52.8 Å². The molecule has 0 atom stereocenters. The van der Waals surface area contributed by atoms with Crippen LogP contribution in [0.4, 0.5) is 17.2 Å². The molecule has 0 radical (unpaired) electrons. The van der Waals surface area contributed by atoms with Gasteiger partial charge in [0.05, 0.1) is 30.8 Å². The van der Waals surface area contributed by atoms with Crippen LogP contribution in [0.25, 0.3) is 0 Å². The molecule has 8 nitrogen and oxygen atoms in total. The number of hydrogen-bond donors (Lipinski definition) is 1. The van der Waals surface area contributed by atoms with Gasteiger partial charge in [-0.05, 0) is 60.2 Å². The molecular weight excluding hydrogens is 368 g/mol. The molecule has 0 amide bonds. The van der Waals surface area contributed by atoms with Crippen LogP contribution >= 0.6 is 0 Å². The van der Waals surface area contributed by atoms with Gasteiger partial charge in [-0.15, -0.1) is 0 Å². The highest BCUT2D eigenvalue weighted by Crippen LogP contribution is 2.32. The predicted octanol–water partition coefficient (Wildman–Crippen LogP) is 1.23. The Balaban J connectivity index is 1.79. The number of pyridine rings is 1. The molecule has 0 unspecified atom stereocenters. The quantitative estimate of drug-likeness (QED) is 0.461. The normalized spacial score (nSPS) is 14.1. The van der Waals surface area contributed by atoms with E-state index in [4.69, 9.17) is 15.2 Å². The molecule has 1 aliphatic heterocycles. The smallest absolute Gasteiger partial charge is 0.152 e. The average Bonchev–Trinajstić information content (AvgIpc) is 2.67. The minimum atomic E-state index is 0.697. The molecule has 0 spiro atoms. The molecule has 29 heavy (non-hydrogen) atoms. The van der Waals surface area contributed by atoms with Gasteiger partial charge in [0.2, 0.25) is 0 Å². The molecule has 0 saturated heterocycles. The fourth-order valence-electron chi connectivity index (χ4n) is 3.37. The fraction of sp³-hybridized carbons (Fsp3) is 0.762. The Morgan fingerprint density at radius 3 is 2.03 bits per heavy atom. The standard InChI is InChI=1S/C21H40N6O2/c1-24(2)7-5-13-28-15-11-26-9-10-27(12-16-29-14-6-8-25(3)4)21-20(26)17-19(22)18-23-21/h17-18H,5-16,22H2,1-4H3. The summed E-state index contributed by atoms with van der Waals surface area (Å²) in [7, 11) is 8.34. The minimum absolute atomic E-state index is 0.697. The van der Waals surface area contributed by atoms with E-state index in [1.807, 2.05) is 6.07 Å². The topological polar surface area (TPSA) is 70.3 Å². The van der Waals surface area contributed by atoms with E-state index < -0.39 is 0 Å². The van der Waals surface area contributed by atoms with Gasteiger partial charge in [0.1, 0.15) is 0 Å². The molecule has 1 aromatic rings. The summed E-state index contributed by atoms with van der Waals surface area (Å²) in [6.07, 6.45) is 3.85. The van der Waals surface area contributed by atoms with Crippen molar-refractivity contribution in [2.24, 2.45) is 0 Å². The van der Waals surface area contributed by atoms with Gasteiger partial charge in [0, 0.05) is 39.4 Å². The number of aromatic nitrogens is 1. The van der Waals surface area contributed by atoms with E-state index in [1.54, 1.807) is 6.20 Å². The first-order valence-electron chi connectivity index (χ1n) is 10.7. The van der Waals surface area contributed by atoms with E-state index in [0.29, 0.717) is 12.3 Å². The largest absolute Gasteiger partial charge is 0.397 e. The van der Waals surface area contributed by atoms with Crippen LogP contribution < -0.4 is 15.5 Å². The average molecular weight is 409 g/mol. The number of ether oxygens (including phenoxy) is 2. The van der Waals surface area contributed by atoms with Crippen molar-refractivity contribution in [3.8, 4) is 0 Å². The zero-order valence-electron chi connectivity index (χ0n) is 18.8. The van der Waals surface area contributed by atoms with Gasteiger partial charge < -0.3 is 34.8 Å². The second kappa shape index (κ2) is 12.8. The van der Waals surface area contributed by atoms with Crippen LogP contribution in [0.1, 0.15) is 12.8 Å². The minimum Gasteiger partial charge on any atom is -0.397 e. The number of hydrogen-bond acceptors (Lipinski definition) is 8. The van der Waals surface area contributed by atoms with Crippen LogP contribution in [-0.4, -0.2) is 109 Å². The maximum atomic E-state index is 6.02. The first-order valence-corrected chi connectivity index (χ1v) is 10.7. The summed E-state index contributed by atoms with van der Waals surface area (Å²) < 4.78 is 11.6. The first kappa shape index (κ1) is 23.7. The Morgan fingerprint density at radius 1 is 0.897 bits per heavy atom. The van der Waals surface area contributed by atoms with Crippen LogP contribution in [0.3, 0.4) is 0 Å². The summed E-state index contributed by atoms with van der Waals surface area (Å²) in [4.78, 5) is 13.6. The maximum absolute atomic E-state index is 6.02. The third kappa shape index (κ3) is 8.74. The van der Waals surface area contributed by atoms with Gasteiger partial charge in [0.25, 0.3) is 0 Å². The van der Waals surface area contributed by atoms with Gasteiger partial charge >= 0.3 is 0 Å². The van der Waals surface area contributed by atoms with Gasteiger partial charge in [-0.25, -0.2) is 4.98 Å². The lowest BCUT2D eigenvalue weighted by molar-refractivity contribution is 0.129. The molecule has 0 aromatic carbocycles. The van der Waals surface area contributed by atoms with Crippen molar-refractivity contribution in [2.75, 3.05) is 109 Å². The predicted molar refractivity (Wildman–Crippen MR) is 121 cm³/mol. The van der Waals surface area contributed by atoms with Gasteiger partial charge in [-0.2, -0.15) is 0 Å². The van der Waals surface area contributed by atoms with E-state index in [9.17, 15) is 0 Å². The Kier molecular flexibility index (Phi) is 10.5. The zero-order valence-corrected chi connectivity index (χ0v) is 18.8. The lowest BCUT2D eigenvalue weighted by Crippen LogP contribution is -2.44. The van der Waals surface area contributed by atoms with E-state index >= 15 is 0 Å². The lowest BCUT2D eigenvalue weighted by Gasteiger charge is -2.38. The Hall–Kier alpha value is -1.61. The number of nitrogens with zero attached hydrogens (tertiary/aromatic N) is 5. The van der Waals surface area contributed by atoms with Crippen LogP contribution in [0, 0.1) is 0 Å². The van der Waals surface area contributed by atoms with Crippen molar-refractivity contribution in [3.05, 3.63) is 12.3 Å². The molecule has 0 aliphatic carbocycles. The molecule has 2 N–H and O–H groups in total. The van der Waals surface area contributed by atoms with Crippen molar-refractivity contribution >= 4 is 17.2 Å². The van der Waals surface area contributed by atoms with E-state index in [0.717, 1.165) is 83.4 Å². The summed E-state index contributed by atoms with van der Waals surface area (Å²) >= 11 is 0. The zero-order chi connectivity index (χ0) is 21.1. The number of nitrogen functional groups attached to an aromatic ring is 1. The molecule has 0 saturated carbocycles. The third-order valence-corrected chi connectivity index (χ3v) is 4.95. The summed E-state index contributed by atoms with van der Waals surface area (Å²) in [5.74, 6) is 0.995. The van der Waals surface area contributed by atoms with Crippen LogP contribution in [0.5, 0.6) is 0 Å². The Labute approximate surface area is 176 Å². The molecule has 166 valence electrons. The van der Waals surface area contributed by atoms with Crippen molar-refractivity contribution in [2.45, 2.75) is 12.8 Å². The van der Waals surface area contributed by atoms with Gasteiger partial charge in [0.15, 0.2) is 5.82 Å². The van der Waals surface area contributed by atoms with Crippen molar-refractivity contribution in [1.29, 1.82) is 0 Å². The highest BCUT2D eigenvalue weighted by Gasteiger charge is 2.23. The third-order valence-electron chi connectivity index (χ3n) is 4.95. The summed E-state index contributed by atoms with van der Waals surface area (Å²) in [5, 5.41) is 0. The Bertz CT molecular complexity index is 584. The number of fused-ring (bicyclic) bond motifs is 1. The van der Waals surface area contributed by atoms with Gasteiger partial charge in [-0.1, -0.05) is 0 Å². The molecule has 2 rings (SSSR count). The van der Waals surface area contributed by atoms with Crippen molar-refractivity contribution in [1.82, 2.24) is 14.8 Å². The van der Waals surface area contributed by atoms with Crippen LogP contribution in [-0.2, 0) is 9.47 Å². The molecule has 2 heterocycles. The first-order chi connectivity index (χ1) is 14.0. The monoisotopic (exact) mass is 408 g/mol. The SMILES string of the molecule is CN(C)CCCOCCN1CCN(CCOCCCN(C)C)c2ncc(N)cc21.